The molecule has 78 heavy (non-hydrogen) atoms. The Bertz CT molecular complexity index is 3890. The smallest absolute Gasteiger partial charge is 0.409 e. The number of halogens is 4. The van der Waals surface area contributed by atoms with Crippen LogP contribution in [0.4, 0.5) is 25.0 Å². The normalized spacial score (nSPS) is 26.9. The number of hydrogen-bond donors (Lipinski definition) is 2. The van der Waals surface area contributed by atoms with E-state index >= 15 is 8.78 Å². The minimum absolute atomic E-state index is 0.0129. The van der Waals surface area contributed by atoms with Gasteiger partial charge in [0.2, 0.25) is 33.6 Å². The molecule has 0 radical (unpaired) electrons. The second-order valence-corrected chi connectivity index (χ2v) is 27.6. The molecule has 2 aliphatic carbocycles. The molecule has 4 fully saturated rings. The summed E-state index contributed by atoms with van der Waals surface area (Å²) in [6, 6.07) is 13.1. The molecular formula is C49H44Cl2F2N10O12S3. The predicted octanol–water partition coefficient (Wildman–Crippen LogP) is 3.98. The summed E-state index contributed by atoms with van der Waals surface area (Å²) in [7, 11) is -12.6. The summed E-state index contributed by atoms with van der Waals surface area (Å²) in [5, 5.41) is 15.4. The van der Waals surface area contributed by atoms with Gasteiger partial charge < -0.3 is 39.7 Å². The van der Waals surface area contributed by atoms with Crippen molar-refractivity contribution in [1.82, 2.24) is 29.6 Å². The van der Waals surface area contributed by atoms with Crippen molar-refractivity contribution in [2.75, 3.05) is 54.6 Å². The highest BCUT2D eigenvalue weighted by Gasteiger charge is 2.67. The number of nitrogens with two attached hydrogens (primary N) is 2. The van der Waals surface area contributed by atoms with Crippen molar-refractivity contribution in [3.05, 3.63) is 117 Å². The summed E-state index contributed by atoms with van der Waals surface area (Å²) < 4.78 is 133. The maximum atomic E-state index is 16.5. The number of rotatable bonds is 11. The lowest BCUT2D eigenvalue weighted by Gasteiger charge is -2.26. The predicted molar refractivity (Wildman–Crippen MR) is 273 cm³/mol. The maximum absolute atomic E-state index is 16.5. The average Bonchev–Trinajstić information content (AvgIpc) is 3.88. The van der Waals surface area contributed by atoms with E-state index in [0.717, 1.165) is 34.3 Å². The average molecular weight is 1170 g/mol. The molecule has 2 aromatic heterocycles. The zero-order chi connectivity index (χ0) is 55.2. The van der Waals surface area contributed by atoms with Gasteiger partial charge in [-0.3, -0.25) is 9.59 Å². The molecule has 6 aromatic rings. The van der Waals surface area contributed by atoms with Crippen molar-refractivity contribution in [2.45, 2.75) is 63.9 Å². The zero-order valence-corrected chi connectivity index (χ0v) is 44.7. The Balaban J connectivity index is 0.792. The number of carbonyl (C=O) groups is 3. The molecule has 4 aromatic carbocycles. The number of aromatic nitrogens is 4. The number of hydrogen-bond acceptors (Lipinski definition) is 18. The zero-order valence-electron chi connectivity index (χ0n) is 40.8. The van der Waals surface area contributed by atoms with Crippen molar-refractivity contribution in [3.63, 3.8) is 0 Å². The molecular weight excluding hydrogens is 1130 g/mol. The summed E-state index contributed by atoms with van der Waals surface area (Å²) in [4.78, 5) is 44.4. The van der Waals surface area contributed by atoms with Gasteiger partial charge in [0.15, 0.2) is 19.7 Å². The first kappa shape index (κ1) is 52.3. The topological polar surface area (TPSA) is 306 Å². The van der Waals surface area contributed by atoms with Crippen LogP contribution in [0.5, 0.6) is 0 Å². The maximum Gasteiger partial charge on any atom is 0.409 e. The number of carbonyl (C=O) groups excluding carboxylic acids is 3. The van der Waals surface area contributed by atoms with Gasteiger partial charge in [-0.15, -0.1) is 20.4 Å². The van der Waals surface area contributed by atoms with E-state index < -0.39 is 110 Å². The van der Waals surface area contributed by atoms with Gasteiger partial charge >= 0.3 is 6.09 Å². The van der Waals surface area contributed by atoms with Crippen LogP contribution in [0, 0.1) is 23.5 Å². The van der Waals surface area contributed by atoms with E-state index in [1.807, 2.05) is 0 Å². The molecule has 4 aliphatic heterocycles. The standard InChI is InChI=1S/C49H44Cl2F2N10O12S3/c1-76(67,68)61-19-27-15-49(27,23-61)46-59-57-42(75-46)31-11-36-38(13-33(31)53)78(71,72)39(40(55)44(65)63(36)17-25-4-8-29(51)9-5-25)20-73-47(66)60-18-26-14-48(26,22-60)45-58-56-41(74-45)30-10-35-37(12-32(30)52)77(69,70)21-34(54)43(64)62(35)16-24-2-6-28(50)7-3-24/h2-13,26-27,34,39-40H,14-23,54-55H2,1H3/t26?,27?,34-,39?,40-,48?,49?/m0/s1. The SMILES string of the molecule is CS(=O)(=O)N1CC2CC2(c2nnc(-c3cc4c(cc3F)S(=O)(=O)C(COC(=O)N3CC5CC5(c5nnc(-c6cc7c(cc6F)S(=O)(=O)C[C@H](N)C(=O)N7Cc6ccc(Cl)cc6)o5)C3)[C@H](N)C(=O)N4Cc3ccc(Cl)cc3)o2)C1. The number of piperidine rings is 2. The van der Waals surface area contributed by atoms with Gasteiger partial charge in [-0.2, -0.15) is 0 Å². The van der Waals surface area contributed by atoms with Crippen LogP contribution >= 0.6 is 23.2 Å². The van der Waals surface area contributed by atoms with Crippen molar-refractivity contribution in [1.29, 1.82) is 0 Å². The van der Waals surface area contributed by atoms with Crippen LogP contribution < -0.4 is 21.3 Å². The Morgan fingerprint density at radius 3 is 1.78 bits per heavy atom. The Morgan fingerprint density at radius 2 is 1.24 bits per heavy atom. The van der Waals surface area contributed by atoms with Gasteiger partial charge in [-0.25, -0.2) is 43.1 Å². The molecule has 2 saturated heterocycles. The summed E-state index contributed by atoms with van der Waals surface area (Å²) >= 11 is 12.2. The van der Waals surface area contributed by atoms with Gasteiger partial charge in [0.05, 0.1) is 74.3 Å². The van der Waals surface area contributed by atoms with Crippen LogP contribution in [-0.4, -0.2) is 135 Å². The van der Waals surface area contributed by atoms with E-state index in [9.17, 15) is 39.6 Å². The Hall–Kier alpha value is -6.46. The minimum atomic E-state index is -4.83. The van der Waals surface area contributed by atoms with Crippen LogP contribution in [0.1, 0.15) is 35.7 Å². The number of ether oxygens (including phenoxy) is 1. The highest BCUT2D eigenvalue weighted by molar-refractivity contribution is 7.92. The van der Waals surface area contributed by atoms with E-state index in [0.29, 0.717) is 40.1 Å². The van der Waals surface area contributed by atoms with E-state index in [1.165, 1.54) is 9.21 Å². The number of fused-ring (bicyclic) bond motifs is 4. The van der Waals surface area contributed by atoms with Gasteiger partial charge in [-0.1, -0.05) is 47.5 Å². The van der Waals surface area contributed by atoms with Gasteiger partial charge in [0, 0.05) is 36.2 Å². The van der Waals surface area contributed by atoms with Crippen LogP contribution in [0.3, 0.4) is 0 Å². The summed E-state index contributed by atoms with van der Waals surface area (Å²) in [5.41, 5.74) is 10.8. The third-order valence-electron chi connectivity index (χ3n) is 15.7. The third-order valence-corrected chi connectivity index (χ3v) is 21.4. The molecule has 0 spiro atoms. The van der Waals surface area contributed by atoms with Crippen molar-refractivity contribution in [2.24, 2.45) is 23.3 Å². The van der Waals surface area contributed by atoms with E-state index in [-0.39, 0.29) is 97.2 Å². The minimum Gasteiger partial charge on any atom is -0.448 e. The number of sulfonamides is 1. The molecule has 7 atom stereocenters. The number of anilines is 2. The first-order valence-corrected chi connectivity index (χ1v) is 30.0. The van der Waals surface area contributed by atoms with Crippen LogP contribution in [0.2, 0.25) is 10.0 Å². The molecule has 29 heteroatoms. The van der Waals surface area contributed by atoms with Crippen molar-refractivity contribution >= 4 is 82.2 Å². The number of likely N-dealkylation sites (tertiary alicyclic amines) is 1. The molecule has 2 saturated carbocycles. The van der Waals surface area contributed by atoms with E-state index in [2.05, 4.69) is 20.4 Å². The van der Waals surface area contributed by atoms with Crippen molar-refractivity contribution in [3.8, 4) is 22.9 Å². The van der Waals surface area contributed by atoms with Gasteiger partial charge in [0.1, 0.15) is 29.5 Å². The molecule has 12 rings (SSSR count). The van der Waals surface area contributed by atoms with Gasteiger partial charge in [0.25, 0.3) is 11.8 Å². The third kappa shape index (κ3) is 8.72. The molecule has 6 heterocycles. The fourth-order valence-corrected chi connectivity index (χ4v) is 15.7. The lowest BCUT2D eigenvalue weighted by Crippen LogP contribution is -2.52. The molecule has 6 aliphatic rings. The lowest BCUT2D eigenvalue weighted by molar-refractivity contribution is -0.120. The molecule has 22 nitrogen and oxygen atoms in total. The van der Waals surface area contributed by atoms with Crippen LogP contribution in [0.25, 0.3) is 22.9 Å². The van der Waals surface area contributed by atoms with E-state index in [4.69, 9.17) is 48.2 Å². The second kappa shape index (κ2) is 18.3. The fraction of sp³-hybridized carbons (Fsp3) is 0.367. The monoisotopic (exact) mass is 1170 g/mol. The van der Waals surface area contributed by atoms with Crippen LogP contribution in [-0.2, 0) is 67.9 Å². The lowest BCUT2D eigenvalue weighted by atomic mass is 10.1. The number of benzene rings is 4. The Labute approximate surface area is 453 Å². The van der Waals surface area contributed by atoms with Gasteiger partial charge in [-0.05, 0) is 84.3 Å². The molecule has 408 valence electrons. The van der Waals surface area contributed by atoms with Crippen LogP contribution in [0.15, 0.2) is 91.4 Å². The Kier molecular flexibility index (Phi) is 12.3. The molecule has 5 unspecified atom stereocenters. The molecule has 0 bridgehead atoms. The first-order chi connectivity index (χ1) is 36.9. The number of amides is 3. The molecule has 4 N–H and O–H groups in total. The Morgan fingerprint density at radius 1 is 0.744 bits per heavy atom. The number of nitrogens with zero attached hydrogens (tertiary/aromatic N) is 8. The molecule has 3 amide bonds. The van der Waals surface area contributed by atoms with E-state index in [1.54, 1.807) is 48.5 Å². The largest absolute Gasteiger partial charge is 0.448 e. The fourth-order valence-electron chi connectivity index (χ4n) is 11.2. The highest BCUT2D eigenvalue weighted by Crippen LogP contribution is 2.60. The first-order valence-electron chi connectivity index (χ1n) is 24.2. The summed E-state index contributed by atoms with van der Waals surface area (Å²) in [5.74, 6) is -5.58. The highest BCUT2D eigenvalue weighted by atomic mass is 35.5. The summed E-state index contributed by atoms with van der Waals surface area (Å²) in [6.07, 6.45) is 1.11. The second-order valence-electron chi connectivity index (χ2n) is 20.7. The quantitative estimate of drug-likeness (QED) is 0.185. The number of sulfone groups is 2. The van der Waals surface area contributed by atoms with Crippen molar-refractivity contribution < 1.29 is 62.0 Å². The summed E-state index contributed by atoms with van der Waals surface area (Å²) in [6.45, 7) is -1.02.